The summed E-state index contributed by atoms with van der Waals surface area (Å²) in [6.07, 6.45) is 8.02. The first-order chi connectivity index (χ1) is 8.33. The van der Waals surface area contributed by atoms with E-state index in [-0.39, 0.29) is 0 Å². The van der Waals surface area contributed by atoms with E-state index in [4.69, 9.17) is 0 Å². The summed E-state index contributed by atoms with van der Waals surface area (Å²) in [5.41, 5.74) is 0. The average molecular weight is 234 g/mol. The number of aromatic nitrogens is 2. The van der Waals surface area contributed by atoms with E-state index < -0.39 is 0 Å². The largest absolute Gasteiger partial charge is 0.337 e. The Hall–Kier alpha value is -0.870. The molecule has 0 aliphatic carbocycles. The van der Waals surface area contributed by atoms with Gasteiger partial charge in [-0.1, -0.05) is 0 Å². The highest BCUT2D eigenvalue weighted by molar-refractivity contribution is 4.93. The molecule has 0 bridgehead atoms. The highest BCUT2D eigenvalue weighted by Gasteiger charge is 2.28. The molecular formula is C13H22N4. The molecule has 94 valence electrons. The molecule has 1 atom stereocenters. The van der Waals surface area contributed by atoms with Crippen LogP contribution in [0.1, 0.15) is 25.1 Å². The average Bonchev–Trinajstić information content (AvgIpc) is 2.86. The maximum Gasteiger partial charge on any atom is 0.122 e. The lowest BCUT2D eigenvalue weighted by Gasteiger charge is -2.25. The van der Waals surface area contributed by atoms with Crippen LogP contribution in [0.4, 0.5) is 0 Å². The molecule has 0 spiro atoms. The van der Waals surface area contributed by atoms with Crippen molar-refractivity contribution >= 4 is 0 Å². The van der Waals surface area contributed by atoms with Crippen molar-refractivity contribution in [3.63, 3.8) is 0 Å². The lowest BCUT2D eigenvalue weighted by Crippen LogP contribution is -2.36. The molecule has 4 nitrogen and oxygen atoms in total. The van der Waals surface area contributed by atoms with Crippen LogP contribution in [0.2, 0.25) is 0 Å². The van der Waals surface area contributed by atoms with Gasteiger partial charge < -0.3 is 4.57 Å². The Morgan fingerprint density at radius 2 is 2.18 bits per heavy atom. The molecule has 0 saturated carbocycles. The maximum absolute atomic E-state index is 4.43. The summed E-state index contributed by atoms with van der Waals surface area (Å²) in [7, 11) is 2.09. The van der Waals surface area contributed by atoms with E-state index >= 15 is 0 Å². The molecular weight excluding hydrogens is 212 g/mol. The van der Waals surface area contributed by atoms with E-state index in [1.807, 2.05) is 12.4 Å². The fraction of sp³-hybridized carbons (Fsp3) is 0.769. The fourth-order valence-corrected chi connectivity index (χ4v) is 3.18. The van der Waals surface area contributed by atoms with E-state index in [1.54, 1.807) is 0 Å². The molecule has 1 aromatic heterocycles. The molecule has 0 amide bonds. The van der Waals surface area contributed by atoms with E-state index in [0.29, 0.717) is 0 Å². The SMILES string of the molecule is Cn1ccnc1CN1CCCN2CCCC2C1. The van der Waals surface area contributed by atoms with Crippen LogP contribution in [-0.2, 0) is 13.6 Å². The minimum atomic E-state index is 0.803. The van der Waals surface area contributed by atoms with E-state index in [2.05, 4.69) is 26.4 Å². The number of nitrogens with zero attached hydrogens (tertiary/aromatic N) is 4. The summed E-state index contributed by atoms with van der Waals surface area (Å²) < 4.78 is 2.14. The fourth-order valence-electron chi connectivity index (χ4n) is 3.18. The van der Waals surface area contributed by atoms with Crippen LogP contribution in [0.3, 0.4) is 0 Å². The van der Waals surface area contributed by atoms with Gasteiger partial charge in [0.2, 0.25) is 0 Å². The zero-order valence-corrected chi connectivity index (χ0v) is 10.7. The van der Waals surface area contributed by atoms with Gasteiger partial charge in [-0.25, -0.2) is 4.98 Å². The molecule has 1 aromatic rings. The normalized spacial score (nSPS) is 27.0. The Bertz CT molecular complexity index is 373. The predicted molar refractivity (Wildman–Crippen MR) is 67.7 cm³/mol. The number of rotatable bonds is 2. The summed E-state index contributed by atoms with van der Waals surface area (Å²) >= 11 is 0. The second-order valence-electron chi connectivity index (χ2n) is 5.38. The van der Waals surface area contributed by atoms with E-state index in [0.717, 1.165) is 12.6 Å². The van der Waals surface area contributed by atoms with Crippen molar-refractivity contribution < 1.29 is 0 Å². The van der Waals surface area contributed by atoms with Gasteiger partial charge in [0.05, 0.1) is 6.54 Å². The van der Waals surface area contributed by atoms with Crippen LogP contribution < -0.4 is 0 Å². The number of fused-ring (bicyclic) bond motifs is 1. The minimum Gasteiger partial charge on any atom is -0.337 e. The minimum absolute atomic E-state index is 0.803. The van der Waals surface area contributed by atoms with Crippen molar-refractivity contribution in [1.29, 1.82) is 0 Å². The smallest absolute Gasteiger partial charge is 0.122 e. The molecule has 1 unspecified atom stereocenters. The Labute approximate surface area is 103 Å². The van der Waals surface area contributed by atoms with Gasteiger partial charge in [-0.3, -0.25) is 9.80 Å². The van der Waals surface area contributed by atoms with Gasteiger partial charge in [-0.15, -0.1) is 0 Å². The third kappa shape index (κ3) is 2.38. The first-order valence-corrected chi connectivity index (χ1v) is 6.75. The molecule has 4 heteroatoms. The molecule has 17 heavy (non-hydrogen) atoms. The molecule has 0 aromatic carbocycles. The van der Waals surface area contributed by atoms with Gasteiger partial charge in [0.25, 0.3) is 0 Å². The van der Waals surface area contributed by atoms with Crippen LogP contribution in [0.25, 0.3) is 0 Å². The van der Waals surface area contributed by atoms with Crippen molar-refractivity contribution in [1.82, 2.24) is 19.4 Å². The predicted octanol–water partition coefficient (Wildman–Crippen LogP) is 1.09. The van der Waals surface area contributed by atoms with Gasteiger partial charge in [-0.05, 0) is 38.9 Å². The second kappa shape index (κ2) is 4.78. The first kappa shape index (κ1) is 11.2. The lowest BCUT2D eigenvalue weighted by molar-refractivity contribution is 0.211. The summed E-state index contributed by atoms with van der Waals surface area (Å²) in [5.74, 6) is 1.19. The molecule has 2 saturated heterocycles. The first-order valence-electron chi connectivity index (χ1n) is 6.75. The summed E-state index contributed by atoms with van der Waals surface area (Å²) in [4.78, 5) is 9.69. The summed E-state index contributed by atoms with van der Waals surface area (Å²) in [5, 5.41) is 0. The third-order valence-electron chi connectivity index (χ3n) is 4.17. The van der Waals surface area contributed by atoms with Crippen molar-refractivity contribution in [3.05, 3.63) is 18.2 Å². The van der Waals surface area contributed by atoms with Crippen molar-refractivity contribution in [2.75, 3.05) is 26.2 Å². The number of hydrogen-bond donors (Lipinski definition) is 0. The quantitative estimate of drug-likeness (QED) is 0.765. The molecule has 0 radical (unpaired) electrons. The van der Waals surface area contributed by atoms with Gasteiger partial charge in [-0.2, -0.15) is 0 Å². The van der Waals surface area contributed by atoms with Crippen LogP contribution in [-0.4, -0.2) is 51.6 Å². The Morgan fingerprint density at radius 3 is 3.00 bits per heavy atom. The number of imidazole rings is 1. The highest BCUT2D eigenvalue weighted by Crippen LogP contribution is 2.21. The Morgan fingerprint density at radius 1 is 1.29 bits per heavy atom. The molecule has 3 rings (SSSR count). The van der Waals surface area contributed by atoms with Crippen LogP contribution in [0.15, 0.2) is 12.4 Å². The monoisotopic (exact) mass is 234 g/mol. The topological polar surface area (TPSA) is 24.3 Å². The molecule has 3 heterocycles. The van der Waals surface area contributed by atoms with E-state index in [1.165, 1.54) is 51.3 Å². The van der Waals surface area contributed by atoms with Crippen molar-refractivity contribution in [3.8, 4) is 0 Å². The lowest BCUT2D eigenvalue weighted by atomic mass is 10.2. The second-order valence-corrected chi connectivity index (χ2v) is 5.38. The zero-order chi connectivity index (χ0) is 11.7. The summed E-state index contributed by atoms with van der Waals surface area (Å²) in [6, 6.07) is 0.803. The van der Waals surface area contributed by atoms with Gasteiger partial charge >= 0.3 is 0 Å². The van der Waals surface area contributed by atoms with Crippen molar-refractivity contribution in [2.45, 2.75) is 31.8 Å². The highest BCUT2D eigenvalue weighted by atomic mass is 15.3. The number of aryl methyl sites for hydroxylation is 1. The van der Waals surface area contributed by atoms with Gasteiger partial charge in [0.1, 0.15) is 5.82 Å². The zero-order valence-electron chi connectivity index (χ0n) is 10.7. The molecule has 2 aliphatic rings. The van der Waals surface area contributed by atoms with E-state index in [9.17, 15) is 0 Å². The Kier molecular flexibility index (Phi) is 3.16. The molecule has 0 N–H and O–H groups in total. The number of hydrogen-bond acceptors (Lipinski definition) is 3. The molecule has 2 fully saturated rings. The third-order valence-corrected chi connectivity index (χ3v) is 4.17. The van der Waals surface area contributed by atoms with Crippen LogP contribution in [0.5, 0.6) is 0 Å². The molecule has 2 aliphatic heterocycles. The Balaban J connectivity index is 1.65. The standard InChI is InChI=1S/C13H22N4/c1-15-9-5-14-13(15)11-16-6-3-8-17-7-2-4-12(17)10-16/h5,9,12H,2-4,6-8,10-11H2,1H3. The van der Waals surface area contributed by atoms with Crippen LogP contribution >= 0.6 is 0 Å². The maximum atomic E-state index is 4.43. The van der Waals surface area contributed by atoms with Crippen molar-refractivity contribution in [2.24, 2.45) is 7.05 Å². The van der Waals surface area contributed by atoms with Crippen LogP contribution in [0, 0.1) is 0 Å². The van der Waals surface area contributed by atoms with Gasteiger partial charge in [0.15, 0.2) is 0 Å². The summed E-state index contributed by atoms with van der Waals surface area (Å²) in [6.45, 7) is 6.07. The van der Waals surface area contributed by atoms with Gasteiger partial charge in [0, 0.05) is 32.0 Å².